The number of hydrogen-bond donors (Lipinski definition) is 1. The van der Waals surface area contributed by atoms with E-state index >= 15 is 0 Å². The molecular weight excluding hydrogens is 140 g/mol. The van der Waals surface area contributed by atoms with Crippen molar-refractivity contribution < 1.29 is 9.90 Å². The topological polar surface area (TPSA) is 37.3 Å². The van der Waals surface area contributed by atoms with Crippen LogP contribution in [0.1, 0.15) is 13.8 Å². The summed E-state index contributed by atoms with van der Waals surface area (Å²) in [6.45, 7) is 7.32. The molecule has 11 heavy (non-hydrogen) atoms. The van der Waals surface area contributed by atoms with Gasteiger partial charge in [-0.2, -0.15) is 0 Å². The number of carboxylic acid groups (broad SMARTS) is 1. The predicted octanol–water partition coefficient (Wildman–Crippen LogP) is 1.68. The Hall–Kier alpha value is -1.01. The molecule has 1 saturated carbocycles. The third-order valence-corrected chi connectivity index (χ3v) is 2.47. The highest BCUT2D eigenvalue weighted by molar-refractivity contribution is 5.76. The zero-order valence-electron chi connectivity index (χ0n) is 6.79. The molecule has 0 amide bonds. The van der Waals surface area contributed by atoms with Crippen molar-refractivity contribution >= 4 is 5.97 Å². The maximum absolute atomic E-state index is 10.6. The minimum absolute atomic E-state index is 0.101. The molecule has 0 radical (unpaired) electrons. The molecule has 0 saturated heterocycles. The summed E-state index contributed by atoms with van der Waals surface area (Å²) in [5.74, 6) is -0.833. The van der Waals surface area contributed by atoms with E-state index in [1.54, 1.807) is 6.08 Å². The van der Waals surface area contributed by atoms with Gasteiger partial charge in [0.05, 0.1) is 5.92 Å². The molecule has 2 nitrogen and oxygen atoms in total. The quantitative estimate of drug-likeness (QED) is 0.611. The molecule has 0 unspecified atom stereocenters. The van der Waals surface area contributed by atoms with Gasteiger partial charge in [0.15, 0.2) is 0 Å². The monoisotopic (exact) mass is 152 g/mol. The molecular formula is C9H12O2. The van der Waals surface area contributed by atoms with Crippen LogP contribution in [0, 0.1) is 17.3 Å². The third kappa shape index (κ3) is 1.10. The zero-order valence-corrected chi connectivity index (χ0v) is 6.79. The summed E-state index contributed by atoms with van der Waals surface area (Å²) >= 11 is 0. The molecule has 0 aromatic carbocycles. The molecule has 60 valence electrons. The van der Waals surface area contributed by atoms with Gasteiger partial charge in [0, 0.05) is 5.92 Å². The van der Waals surface area contributed by atoms with E-state index in [9.17, 15) is 4.79 Å². The molecule has 1 aliphatic rings. The Morgan fingerprint density at radius 3 is 2.55 bits per heavy atom. The lowest BCUT2D eigenvalue weighted by Gasteiger charge is -1.95. The summed E-state index contributed by atoms with van der Waals surface area (Å²) in [6, 6.07) is 0. The van der Waals surface area contributed by atoms with Crippen LogP contribution in [0.25, 0.3) is 0 Å². The van der Waals surface area contributed by atoms with E-state index in [1.165, 1.54) is 0 Å². The van der Waals surface area contributed by atoms with Crippen molar-refractivity contribution in [3.63, 3.8) is 0 Å². The first kappa shape index (κ1) is 8.09. The van der Waals surface area contributed by atoms with Crippen molar-refractivity contribution in [2.45, 2.75) is 13.8 Å². The Labute approximate surface area is 66.2 Å². The number of rotatable bonds is 2. The van der Waals surface area contributed by atoms with Crippen molar-refractivity contribution in [2.24, 2.45) is 17.3 Å². The van der Waals surface area contributed by atoms with Crippen LogP contribution in [-0.2, 0) is 4.79 Å². The molecule has 0 spiro atoms. The molecule has 1 N–H and O–H groups in total. The van der Waals surface area contributed by atoms with Gasteiger partial charge in [-0.3, -0.25) is 4.79 Å². The van der Waals surface area contributed by atoms with E-state index in [0.717, 1.165) is 0 Å². The van der Waals surface area contributed by atoms with Crippen LogP contribution >= 0.6 is 0 Å². The minimum atomic E-state index is -0.716. The average Bonchev–Trinajstić information content (AvgIpc) is 2.35. The van der Waals surface area contributed by atoms with Crippen LogP contribution in [-0.4, -0.2) is 11.1 Å². The van der Waals surface area contributed by atoms with Crippen molar-refractivity contribution in [3.05, 3.63) is 18.4 Å². The lowest BCUT2D eigenvalue weighted by Crippen LogP contribution is -2.02. The van der Waals surface area contributed by atoms with Crippen molar-refractivity contribution in [1.29, 1.82) is 0 Å². The fraction of sp³-hybridized carbons (Fsp3) is 0.556. The van der Waals surface area contributed by atoms with Gasteiger partial charge in [-0.25, -0.2) is 0 Å². The smallest absolute Gasteiger partial charge is 0.307 e. The number of hydrogen-bond acceptors (Lipinski definition) is 1. The first-order valence-corrected chi connectivity index (χ1v) is 3.60. The Balaban J connectivity index is 2.75. The van der Waals surface area contributed by atoms with Gasteiger partial charge in [-0.1, -0.05) is 20.4 Å². The van der Waals surface area contributed by atoms with Gasteiger partial charge in [-0.15, -0.1) is 5.73 Å². The van der Waals surface area contributed by atoms with Crippen LogP contribution in [0.15, 0.2) is 18.4 Å². The maximum atomic E-state index is 10.6. The van der Waals surface area contributed by atoms with Gasteiger partial charge in [-0.05, 0) is 11.5 Å². The molecule has 1 rings (SSSR count). The van der Waals surface area contributed by atoms with E-state index in [1.807, 2.05) is 13.8 Å². The first-order chi connectivity index (χ1) is 5.01. The lowest BCUT2D eigenvalue weighted by atomic mass is 10.1. The van der Waals surface area contributed by atoms with Gasteiger partial charge in [0.2, 0.25) is 0 Å². The summed E-state index contributed by atoms with van der Waals surface area (Å²) in [4.78, 5) is 10.6. The molecule has 2 atom stereocenters. The molecule has 0 aliphatic heterocycles. The number of carboxylic acids is 1. The summed E-state index contributed by atoms with van der Waals surface area (Å²) < 4.78 is 0. The normalized spacial score (nSPS) is 32.2. The highest BCUT2D eigenvalue weighted by atomic mass is 16.4. The average molecular weight is 152 g/mol. The molecule has 0 bridgehead atoms. The number of aliphatic carboxylic acids is 1. The summed E-state index contributed by atoms with van der Waals surface area (Å²) in [5, 5.41) is 8.72. The predicted molar refractivity (Wildman–Crippen MR) is 42.1 cm³/mol. The summed E-state index contributed by atoms with van der Waals surface area (Å²) in [6.07, 6.45) is 1.75. The van der Waals surface area contributed by atoms with E-state index in [-0.39, 0.29) is 17.3 Å². The molecule has 0 aromatic rings. The highest BCUT2D eigenvalue weighted by Gasteiger charge is 2.60. The van der Waals surface area contributed by atoms with Gasteiger partial charge in [0.1, 0.15) is 0 Å². The largest absolute Gasteiger partial charge is 0.481 e. The van der Waals surface area contributed by atoms with Gasteiger partial charge in [0.25, 0.3) is 0 Å². The fourth-order valence-electron chi connectivity index (χ4n) is 1.59. The van der Waals surface area contributed by atoms with E-state index in [2.05, 4.69) is 12.3 Å². The molecule has 1 aliphatic carbocycles. The van der Waals surface area contributed by atoms with Crippen molar-refractivity contribution in [2.75, 3.05) is 0 Å². The molecule has 2 heteroatoms. The third-order valence-electron chi connectivity index (χ3n) is 2.47. The second-order valence-electron chi connectivity index (χ2n) is 3.53. The van der Waals surface area contributed by atoms with E-state index in [4.69, 9.17) is 5.11 Å². The van der Waals surface area contributed by atoms with Crippen LogP contribution in [0.2, 0.25) is 0 Å². The van der Waals surface area contributed by atoms with E-state index in [0.29, 0.717) is 0 Å². The Morgan fingerprint density at radius 2 is 2.27 bits per heavy atom. The van der Waals surface area contributed by atoms with Crippen LogP contribution in [0.3, 0.4) is 0 Å². The first-order valence-electron chi connectivity index (χ1n) is 3.60. The Bertz CT molecular complexity index is 224. The summed E-state index contributed by atoms with van der Waals surface area (Å²) in [5.41, 5.74) is 2.53. The van der Waals surface area contributed by atoms with Gasteiger partial charge >= 0.3 is 5.97 Å². The van der Waals surface area contributed by atoms with Gasteiger partial charge < -0.3 is 5.11 Å². The second kappa shape index (κ2) is 2.24. The Morgan fingerprint density at radius 1 is 1.73 bits per heavy atom. The maximum Gasteiger partial charge on any atom is 0.307 e. The SMILES string of the molecule is C=C=C[C@@H]1[C@@H](C(=O)O)C1(C)C. The number of carbonyl (C=O) groups is 1. The van der Waals surface area contributed by atoms with Crippen LogP contribution in [0.5, 0.6) is 0 Å². The van der Waals surface area contributed by atoms with Crippen LogP contribution in [0.4, 0.5) is 0 Å². The lowest BCUT2D eigenvalue weighted by molar-refractivity contribution is -0.139. The summed E-state index contributed by atoms with van der Waals surface area (Å²) in [7, 11) is 0. The zero-order chi connectivity index (χ0) is 8.65. The Kier molecular flexibility index (Phi) is 1.65. The molecule has 0 heterocycles. The second-order valence-corrected chi connectivity index (χ2v) is 3.53. The van der Waals surface area contributed by atoms with Crippen molar-refractivity contribution in [3.8, 4) is 0 Å². The highest BCUT2D eigenvalue weighted by Crippen LogP contribution is 2.58. The van der Waals surface area contributed by atoms with Crippen molar-refractivity contribution in [1.82, 2.24) is 0 Å². The molecule has 1 fully saturated rings. The standard InChI is InChI=1S/C9H12O2/c1-4-5-6-7(8(10)11)9(6,2)3/h5-7H,1H2,2-3H3,(H,10,11)/t6-,7+/m1/s1. The van der Waals surface area contributed by atoms with Crippen LogP contribution < -0.4 is 0 Å². The molecule has 0 aromatic heterocycles. The number of allylic oxidation sites excluding steroid dienone is 1. The fourth-order valence-corrected chi connectivity index (χ4v) is 1.59. The van der Waals surface area contributed by atoms with E-state index < -0.39 is 5.97 Å². The minimum Gasteiger partial charge on any atom is -0.481 e.